The lowest BCUT2D eigenvalue weighted by molar-refractivity contribution is 0.0146. The van der Waals surface area contributed by atoms with E-state index in [4.69, 9.17) is 24.1 Å². The molecular formula is C81H175N13O5. The Kier molecular flexibility index (Phi) is 102. The summed E-state index contributed by atoms with van der Waals surface area (Å²) < 4.78 is 5.29. The first-order chi connectivity index (χ1) is 47.7. The van der Waals surface area contributed by atoms with E-state index in [0.717, 1.165) is 140 Å². The monoisotopic (exact) mass is 1410 g/mol. The second-order valence-electron chi connectivity index (χ2n) is 25.0. The van der Waals surface area contributed by atoms with Gasteiger partial charge in [0.05, 0.1) is 12.3 Å². The van der Waals surface area contributed by atoms with E-state index in [9.17, 15) is 0 Å². The largest absolute Gasteiger partial charge is 0.481 e. The van der Waals surface area contributed by atoms with Gasteiger partial charge in [0.15, 0.2) is 5.90 Å². The zero-order valence-corrected chi connectivity index (χ0v) is 72.5. The van der Waals surface area contributed by atoms with Crippen molar-refractivity contribution in [1.82, 2.24) is 21.7 Å². The molecule has 9 aliphatic heterocycles. The third kappa shape index (κ3) is 72.8. The molecule has 6 atom stereocenters. The lowest BCUT2D eigenvalue weighted by atomic mass is 9.93. The predicted octanol–water partition coefficient (Wildman–Crippen LogP) is 22.9. The molecular weight excluding hydrogens is 1230 g/mol. The molecule has 0 aromatic rings. The number of aliphatic imine (C=N–C) groups is 1. The first-order valence-corrected chi connectivity index (χ1v) is 40.6. The highest BCUT2D eigenvalue weighted by molar-refractivity contribution is 5.86. The summed E-state index contributed by atoms with van der Waals surface area (Å²) in [4.78, 5) is 24.0. The van der Waals surface area contributed by atoms with Crippen molar-refractivity contribution in [3.63, 3.8) is 0 Å². The number of nitrogens with zero attached hydrogens (tertiary/aromatic N) is 9. The van der Waals surface area contributed by atoms with Gasteiger partial charge in [0.25, 0.3) is 0 Å². The number of rotatable bonds is 9. The zero-order chi connectivity index (χ0) is 78.2. The Morgan fingerprint density at radius 1 is 0.414 bits per heavy atom. The SMILES string of the molecule is CC.CC.CC.CC.CC.CC.CC.CC.CC.CC(C)C1=NCCCO1.CC(C)C1=NNCCC1.CC(C)C1=NOCCC1.CC(C)C1C=NNCC1.CC(C)C1C=NOCC1.CC(C)C1CC=NNC1.CC(C)C1CC=NOC1.CC(C)C1CCC=NN1.CC(C)C1CCC=NO1. The molecule has 0 aliphatic carbocycles. The van der Waals surface area contributed by atoms with Gasteiger partial charge in [-0.2, -0.15) is 20.4 Å². The minimum atomic E-state index is 0.356. The van der Waals surface area contributed by atoms with Crippen molar-refractivity contribution in [1.29, 1.82) is 0 Å². The molecule has 0 aromatic heterocycles. The van der Waals surface area contributed by atoms with Crippen LogP contribution >= 0.6 is 0 Å². The minimum absolute atomic E-state index is 0.356. The third-order valence-electron chi connectivity index (χ3n) is 15.0. The van der Waals surface area contributed by atoms with Gasteiger partial charge in [-0.15, -0.1) is 0 Å². The third-order valence-corrected chi connectivity index (χ3v) is 15.0. The summed E-state index contributed by atoms with van der Waals surface area (Å²) in [6.45, 7) is 82.8. The Bertz CT molecular complexity index is 1620. The predicted molar refractivity (Wildman–Crippen MR) is 447 cm³/mol. The van der Waals surface area contributed by atoms with Crippen LogP contribution in [0.5, 0.6) is 0 Å². The van der Waals surface area contributed by atoms with Gasteiger partial charge in [0.1, 0.15) is 25.9 Å². The maximum Gasteiger partial charge on any atom is 0.185 e. The highest BCUT2D eigenvalue weighted by Crippen LogP contribution is 2.19. The standard InChI is InChI=1S/4C7H14N2.5C7H13NO.9C2H6/c2*1-6(2)7-3-4-8-9-5-7;2*1-6(2)7-4-3-5-8-9-7;1-6(2)7-3-4-9-8-5-7;1-6(2)7-3-4-8-9-5-7;1-6(2)7-8-4-3-5-9-7;1-6(2)7-4-3-5-9-8-7;1-6(2)7-4-3-5-8-9-7;9*1-2/h5-8H,3-4H2,1-2H3;4,6-7,9H,3,5H2,1-2H3;6,8H,3-5H2,1-2H3;5-7,9H,3-4H2,1-2H3;5-7H,3-4H2,1-2H3;4,6-7H,3,5H2,1-2H3;2*6H,3-5H2,1-2H3;5-7H,3-4H2,1-2H3;9*1-2H3. The van der Waals surface area contributed by atoms with E-state index in [-0.39, 0.29) is 0 Å². The molecule has 9 aliphatic rings. The van der Waals surface area contributed by atoms with Crippen molar-refractivity contribution >= 4 is 54.6 Å². The molecule has 9 rings (SSSR count). The molecule has 0 radical (unpaired) electrons. The minimum Gasteiger partial charge on any atom is -0.481 e. The summed E-state index contributed by atoms with van der Waals surface area (Å²) in [5.74, 6) is 9.66. The summed E-state index contributed by atoms with van der Waals surface area (Å²) in [5, 5.41) is 31.3. The van der Waals surface area contributed by atoms with Crippen LogP contribution in [0.15, 0.2) is 46.0 Å². The molecule has 0 saturated carbocycles. The molecule has 99 heavy (non-hydrogen) atoms. The van der Waals surface area contributed by atoms with E-state index in [1.54, 1.807) is 0 Å². The fraction of sp³-hybridized carbons (Fsp3) is 0.889. The van der Waals surface area contributed by atoms with E-state index < -0.39 is 0 Å². The molecule has 0 spiro atoms. The smallest absolute Gasteiger partial charge is 0.185 e. The molecule has 18 nitrogen and oxygen atoms in total. The molecule has 6 unspecified atom stereocenters. The fourth-order valence-electron chi connectivity index (χ4n) is 8.51. The first-order valence-electron chi connectivity index (χ1n) is 40.6. The van der Waals surface area contributed by atoms with Crippen LogP contribution in [-0.4, -0.2) is 119 Å². The summed E-state index contributed by atoms with van der Waals surface area (Å²) in [7, 11) is 0. The van der Waals surface area contributed by atoms with Crippen molar-refractivity contribution in [2.45, 2.75) is 345 Å². The molecule has 0 bridgehead atoms. The molecule has 0 saturated heterocycles. The van der Waals surface area contributed by atoms with Crippen molar-refractivity contribution in [2.75, 3.05) is 52.6 Å². The zero-order valence-electron chi connectivity index (χ0n) is 72.5. The Balaban J connectivity index is -0.000000128. The summed E-state index contributed by atoms with van der Waals surface area (Å²) in [6.07, 6.45) is 26.8. The van der Waals surface area contributed by atoms with Crippen LogP contribution in [0.1, 0.15) is 333 Å². The summed E-state index contributed by atoms with van der Waals surface area (Å²) >= 11 is 0. The van der Waals surface area contributed by atoms with Gasteiger partial charge < -0.3 is 45.8 Å². The number of hydrogen-bond donors (Lipinski definition) is 4. The van der Waals surface area contributed by atoms with E-state index >= 15 is 0 Å². The Labute approximate surface area is 618 Å². The van der Waals surface area contributed by atoms with Crippen LogP contribution < -0.4 is 21.7 Å². The molecule has 0 aromatic carbocycles. The van der Waals surface area contributed by atoms with Crippen molar-refractivity contribution in [2.24, 2.45) is 123 Å². The fourth-order valence-corrected chi connectivity index (χ4v) is 8.51. The number of nitrogens with one attached hydrogen (secondary N) is 4. The highest BCUT2D eigenvalue weighted by Gasteiger charge is 2.19. The van der Waals surface area contributed by atoms with Gasteiger partial charge >= 0.3 is 0 Å². The second-order valence-corrected chi connectivity index (χ2v) is 25.0. The maximum absolute atomic E-state index is 5.29. The first kappa shape index (κ1) is 113. The van der Waals surface area contributed by atoms with Crippen molar-refractivity contribution in [3.8, 4) is 0 Å². The highest BCUT2D eigenvalue weighted by atomic mass is 16.6. The average molecular weight is 1410 g/mol. The Morgan fingerprint density at radius 3 is 1.25 bits per heavy atom. The van der Waals surface area contributed by atoms with Gasteiger partial charge in [-0.3, -0.25) is 4.99 Å². The quantitative estimate of drug-likeness (QED) is 0.173. The van der Waals surface area contributed by atoms with Crippen molar-refractivity contribution < 1.29 is 24.1 Å². The molecule has 18 heteroatoms. The topological polar surface area (TPSA) is 206 Å². The van der Waals surface area contributed by atoms with Crippen LogP contribution in [0.2, 0.25) is 0 Å². The van der Waals surface area contributed by atoms with Crippen LogP contribution in [0.4, 0.5) is 0 Å². The Hall–Kier alpha value is -4.77. The van der Waals surface area contributed by atoms with Crippen LogP contribution in [0, 0.1) is 76.9 Å². The molecule has 594 valence electrons. The van der Waals surface area contributed by atoms with E-state index in [0.29, 0.717) is 65.4 Å². The Morgan fingerprint density at radius 2 is 0.980 bits per heavy atom. The number of oxime groups is 4. The second kappa shape index (κ2) is 89.3. The lowest BCUT2D eigenvalue weighted by Gasteiger charge is -2.22. The summed E-state index contributed by atoms with van der Waals surface area (Å²) in [6, 6.07) is 0.606. The normalized spacial score (nSPS) is 20.2. The van der Waals surface area contributed by atoms with E-state index in [1.807, 2.05) is 162 Å². The van der Waals surface area contributed by atoms with Crippen LogP contribution in [-0.2, 0) is 24.1 Å². The van der Waals surface area contributed by atoms with Gasteiger partial charge in [-0.05, 0) is 130 Å². The molecule has 0 fully saturated rings. The molecule has 9 heterocycles. The van der Waals surface area contributed by atoms with Crippen LogP contribution in [0.25, 0.3) is 0 Å². The van der Waals surface area contributed by atoms with Crippen molar-refractivity contribution in [3.05, 3.63) is 0 Å². The molecule has 0 amide bonds. The van der Waals surface area contributed by atoms with E-state index in [1.165, 1.54) is 37.1 Å². The number of hydrogen-bond acceptors (Lipinski definition) is 18. The number of hydrazone groups is 4. The molecule has 4 N–H and O–H groups in total. The van der Waals surface area contributed by atoms with Gasteiger partial charge in [0.2, 0.25) is 0 Å². The van der Waals surface area contributed by atoms with Gasteiger partial charge in [-0.1, -0.05) is 270 Å². The number of ether oxygens (including phenoxy) is 1. The summed E-state index contributed by atoms with van der Waals surface area (Å²) in [5.41, 5.74) is 14.5. The lowest BCUT2D eigenvalue weighted by Crippen LogP contribution is -2.32. The average Bonchev–Trinajstić information content (AvgIpc) is 3.85. The van der Waals surface area contributed by atoms with Crippen LogP contribution in [0.3, 0.4) is 0 Å². The van der Waals surface area contributed by atoms with E-state index in [2.05, 4.69) is 192 Å². The van der Waals surface area contributed by atoms with Gasteiger partial charge in [0, 0.05) is 105 Å². The maximum atomic E-state index is 5.29. The van der Waals surface area contributed by atoms with Gasteiger partial charge in [-0.25, -0.2) is 0 Å².